The molecule has 2 unspecified atom stereocenters. The highest BCUT2D eigenvalue weighted by atomic mass is 19.1. The van der Waals surface area contributed by atoms with E-state index in [9.17, 15) is 39.2 Å². The maximum atomic E-state index is 14.0. The molecule has 1 saturated carbocycles. The van der Waals surface area contributed by atoms with Gasteiger partial charge in [-0.15, -0.1) is 0 Å². The van der Waals surface area contributed by atoms with Gasteiger partial charge in [-0.2, -0.15) is 0 Å². The Morgan fingerprint density at radius 1 is 1.23 bits per heavy atom. The van der Waals surface area contributed by atoms with Crippen LogP contribution < -0.4 is 16.0 Å². The third-order valence-corrected chi connectivity index (χ3v) is 8.13. The van der Waals surface area contributed by atoms with Gasteiger partial charge in [-0.25, -0.2) is 4.39 Å². The Kier molecular flexibility index (Phi) is 7.26. The van der Waals surface area contributed by atoms with Crippen molar-refractivity contribution in [2.45, 2.75) is 44.0 Å². The van der Waals surface area contributed by atoms with Crippen LogP contribution in [0.15, 0.2) is 23.0 Å². The van der Waals surface area contributed by atoms with Crippen LogP contribution in [0.5, 0.6) is 5.75 Å². The number of hydrogen-bond acceptors (Lipinski definition) is 10. The number of phenols is 1. The standard InChI is InChI=1S/C27H35FN4O7/c1-11(9-28)30-10-13-8-16(31(2)3)14-6-12-7-15-20(32(4)5)23(35)19(26(29)38)25(37)27(15,39)24(36)17(12)22(34)18(14)21(13)33/h8,11-12,15,20,30,33-34,37,39H,6-7,9-10H2,1-5H3,(H2,29,38)/t11?,12-,15-,20?,27-/m0/s1. The van der Waals surface area contributed by atoms with E-state index in [-0.39, 0.29) is 36.3 Å². The molecule has 1 aromatic carbocycles. The maximum Gasteiger partial charge on any atom is 0.255 e. The number of nitrogens with zero attached hydrogens (tertiary/aromatic N) is 2. The third kappa shape index (κ3) is 4.17. The van der Waals surface area contributed by atoms with Crippen molar-refractivity contribution in [3.05, 3.63) is 39.7 Å². The van der Waals surface area contributed by atoms with E-state index in [0.29, 0.717) is 16.8 Å². The van der Waals surface area contributed by atoms with Crippen LogP contribution in [0.3, 0.4) is 0 Å². The summed E-state index contributed by atoms with van der Waals surface area (Å²) in [6, 6.07) is 0.0971. The quantitative estimate of drug-likeness (QED) is 0.264. The second-order valence-electron chi connectivity index (χ2n) is 11.0. The third-order valence-electron chi connectivity index (χ3n) is 8.13. The minimum atomic E-state index is -2.69. The molecule has 7 N–H and O–H groups in total. The lowest BCUT2D eigenvalue weighted by atomic mass is 9.57. The topological polar surface area (TPSA) is 177 Å². The van der Waals surface area contributed by atoms with E-state index in [1.54, 1.807) is 46.1 Å². The molecular weight excluding hydrogens is 511 g/mol. The first-order chi connectivity index (χ1) is 18.2. The van der Waals surface area contributed by atoms with Crippen molar-refractivity contribution in [1.29, 1.82) is 0 Å². The van der Waals surface area contributed by atoms with Gasteiger partial charge in [0.1, 0.15) is 29.5 Å². The van der Waals surface area contributed by atoms with E-state index in [2.05, 4.69) is 5.32 Å². The Labute approximate surface area is 225 Å². The second-order valence-corrected chi connectivity index (χ2v) is 11.0. The molecule has 4 rings (SSSR count). The number of rotatable bonds is 7. The molecular formula is C27H35FN4O7. The molecule has 1 amide bonds. The lowest BCUT2D eigenvalue weighted by Gasteiger charge is -2.50. The number of benzene rings is 1. The average Bonchev–Trinajstić information content (AvgIpc) is 2.84. The van der Waals surface area contributed by atoms with Crippen molar-refractivity contribution in [2.75, 3.05) is 39.8 Å². The van der Waals surface area contributed by atoms with Gasteiger partial charge in [0, 0.05) is 49.4 Å². The van der Waals surface area contributed by atoms with Gasteiger partial charge in [0.05, 0.1) is 11.6 Å². The molecule has 0 heterocycles. The van der Waals surface area contributed by atoms with Crippen molar-refractivity contribution < 1.29 is 39.2 Å². The number of amides is 1. The van der Waals surface area contributed by atoms with Gasteiger partial charge >= 0.3 is 0 Å². The molecule has 0 saturated heterocycles. The van der Waals surface area contributed by atoms with Crippen molar-refractivity contribution >= 4 is 28.9 Å². The number of ketones is 2. The molecule has 3 aliphatic carbocycles. The molecule has 3 aliphatic rings. The summed E-state index contributed by atoms with van der Waals surface area (Å²) in [6.07, 6.45) is 0.195. The van der Waals surface area contributed by atoms with Crippen LogP contribution in [0.2, 0.25) is 0 Å². The molecule has 11 nitrogen and oxygen atoms in total. The van der Waals surface area contributed by atoms with Crippen LogP contribution >= 0.6 is 0 Å². The van der Waals surface area contributed by atoms with Crippen molar-refractivity contribution in [2.24, 2.45) is 17.6 Å². The highest BCUT2D eigenvalue weighted by Gasteiger charge is 2.64. The second kappa shape index (κ2) is 9.92. The molecule has 12 heteroatoms. The van der Waals surface area contributed by atoms with Gasteiger partial charge in [-0.3, -0.25) is 19.3 Å². The highest BCUT2D eigenvalue weighted by Crippen LogP contribution is 2.54. The molecule has 0 bridgehead atoms. The number of nitrogens with one attached hydrogen (secondary N) is 1. The molecule has 5 atom stereocenters. The number of nitrogens with two attached hydrogens (primary N) is 1. The zero-order valence-corrected chi connectivity index (χ0v) is 22.6. The van der Waals surface area contributed by atoms with Crippen LogP contribution in [0.4, 0.5) is 10.1 Å². The molecule has 0 aromatic heterocycles. The number of carbonyl (C=O) groups is 3. The Balaban J connectivity index is 1.94. The first kappa shape index (κ1) is 28.5. The van der Waals surface area contributed by atoms with Gasteiger partial charge in [0.25, 0.3) is 5.91 Å². The highest BCUT2D eigenvalue weighted by molar-refractivity contribution is 6.24. The maximum absolute atomic E-state index is 14.0. The zero-order valence-electron chi connectivity index (χ0n) is 22.6. The predicted molar refractivity (Wildman–Crippen MR) is 141 cm³/mol. The Morgan fingerprint density at radius 2 is 1.87 bits per heavy atom. The summed E-state index contributed by atoms with van der Waals surface area (Å²) in [5.41, 5.74) is 3.17. The number of aliphatic hydroxyl groups excluding tert-OH is 2. The summed E-state index contributed by atoms with van der Waals surface area (Å²) in [5, 5.41) is 48.3. The number of phenolic OH excluding ortho intramolecular Hbond substituents is 1. The molecule has 0 aliphatic heterocycles. The summed E-state index contributed by atoms with van der Waals surface area (Å²) in [7, 11) is 6.67. The fourth-order valence-electron chi connectivity index (χ4n) is 6.22. The molecule has 39 heavy (non-hydrogen) atoms. The Hall–Kier alpha value is -3.48. The summed E-state index contributed by atoms with van der Waals surface area (Å²) in [4.78, 5) is 42.5. The van der Waals surface area contributed by atoms with Crippen LogP contribution in [0.1, 0.15) is 30.0 Å². The lowest BCUT2D eigenvalue weighted by Crippen LogP contribution is -2.65. The number of primary amides is 1. The van der Waals surface area contributed by atoms with Crippen molar-refractivity contribution in [3.63, 3.8) is 0 Å². The predicted octanol–water partition coefficient (Wildman–Crippen LogP) is 0.478. The lowest BCUT2D eigenvalue weighted by molar-refractivity contribution is -0.153. The molecule has 1 aromatic rings. The van der Waals surface area contributed by atoms with E-state index in [0.717, 1.165) is 0 Å². The van der Waals surface area contributed by atoms with Gasteiger partial charge in [0.15, 0.2) is 11.4 Å². The number of Topliss-reactive ketones (excluding diaryl/α,β-unsaturated/α-hetero) is 2. The van der Waals surface area contributed by atoms with Crippen LogP contribution in [0.25, 0.3) is 5.76 Å². The largest absolute Gasteiger partial charge is 0.508 e. The summed E-state index contributed by atoms with van der Waals surface area (Å²) in [6.45, 7) is 1.09. The molecule has 0 radical (unpaired) electrons. The fourth-order valence-corrected chi connectivity index (χ4v) is 6.22. The van der Waals surface area contributed by atoms with E-state index in [4.69, 9.17) is 5.73 Å². The monoisotopic (exact) mass is 546 g/mol. The average molecular weight is 547 g/mol. The fraction of sp³-hybridized carbons (Fsp3) is 0.519. The first-order valence-electron chi connectivity index (χ1n) is 12.7. The summed E-state index contributed by atoms with van der Waals surface area (Å²) >= 11 is 0. The van der Waals surface area contributed by atoms with E-state index in [1.165, 1.54) is 4.90 Å². The van der Waals surface area contributed by atoms with Crippen LogP contribution in [-0.2, 0) is 27.3 Å². The number of fused-ring (bicyclic) bond motifs is 3. The first-order valence-corrected chi connectivity index (χ1v) is 12.7. The molecule has 1 fully saturated rings. The van der Waals surface area contributed by atoms with Crippen LogP contribution in [0, 0.1) is 11.8 Å². The van der Waals surface area contributed by atoms with Gasteiger partial charge in [0.2, 0.25) is 5.78 Å². The van der Waals surface area contributed by atoms with Crippen LogP contribution in [-0.4, -0.2) is 95.3 Å². The van der Waals surface area contributed by atoms with Crippen molar-refractivity contribution in [3.8, 4) is 5.75 Å². The number of hydrogen-bond donors (Lipinski definition) is 6. The Bertz CT molecular complexity index is 1320. The number of carbonyl (C=O) groups excluding carboxylic acids is 3. The van der Waals surface area contributed by atoms with E-state index < -0.39 is 70.8 Å². The summed E-state index contributed by atoms with van der Waals surface area (Å²) < 4.78 is 13.0. The van der Waals surface area contributed by atoms with Gasteiger partial charge < -0.3 is 36.4 Å². The normalized spacial score (nSPS) is 27.3. The number of anilines is 1. The number of likely N-dealkylation sites (N-methyl/N-ethyl adjacent to an activating group) is 1. The van der Waals surface area contributed by atoms with Gasteiger partial charge in [-0.1, -0.05) is 0 Å². The number of halogens is 1. The summed E-state index contributed by atoms with van der Waals surface area (Å²) in [5.74, 6) is -6.95. The number of aliphatic hydroxyl groups is 3. The SMILES string of the molecule is CC(CF)NCc1cc(N(C)C)c2c(c1O)C(O)=C1C(=O)[C@]3(O)C(O)=C(C(N)=O)C(=O)C(N(C)C)[C@@H]3C[C@@H]1C2. The van der Waals surface area contributed by atoms with Gasteiger partial charge in [-0.05, 0) is 51.4 Å². The zero-order chi connectivity index (χ0) is 29.1. The van der Waals surface area contributed by atoms with E-state index >= 15 is 0 Å². The molecule has 0 spiro atoms. The van der Waals surface area contributed by atoms with E-state index in [1.807, 2.05) is 0 Å². The Morgan fingerprint density at radius 3 is 2.41 bits per heavy atom. The minimum Gasteiger partial charge on any atom is -0.508 e. The smallest absolute Gasteiger partial charge is 0.255 e. The number of aromatic hydroxyl groups is 1. The number of alkyl halides is 1. The minimum absolute atomic E-state index is 0.00203. The molecule has 212 valence electrons. The van der Waals surface area contributed by atoms with Crippen molar-refractivity contribution in [1.82, 2.24) is 10.2 Å².